The third-order valence-electron chi connectivity index (χ3n) is 4.12. The van der Waals surface area contributed by atoms with E-state index in [4.69, 9.17) is 9.47 Å². The van der Waals surface area contributed by atoms with Crippen molar-refractivity contribution in [3.8, 4) is 17.2 Å². The van der Waals surface area contributed by atoms with Gasteiger partial charge in [-0.25, -0.2) is 4.68 Å². The number of hydrogen-bond donors (Lipinski definition) is 1. The van der Waals surface area contributed by atoms with Crippen molar-refractivity contribution in [1.82, 2.24) is 15.1 Å². The van der Waals surface area contributed by atoms with Gasteiger partial charge < -0.3 is 14.8 Å². The number of nitrogens with one attached hydrogen (secondary N) is 1. The van der Waals surface area contributed by atoms with Gasteiger partial charge in [0.25, 0.3) is 5.91 Å². The highest BCUT2D eigenvalue weighted by molar-refractivity contribution is 5.94. The molecule has 0 radical (unpaired) electrons. The van der Waals surface area contributed by atoms with Gasteiger partial charge in [0, 0.05) is 17.8 Å². The van der Waals surface area contributed by atoms with Gasteiger partial charge >= 0.3 is 0 Å². The summed E-state index contributed by atoms with van der Waals surface area (Å²) < 4.78 is 12.3. The summed E-state index contributed by atoms with van der Waals surface area (Å²) in [6.45, 7) is 1.91. The van der Waals surface area contributed by atoms with Crippen molar-refractivity contribution in [2.45, 2.75) is 13.0 Å². The fourth-order valence-electron chi connectivity index (χ4n) is 2.70. The Morgan fingerprint density at radius 2 is 1.88 bits per heavy atom. The van der Waals surface area contributed by atoms with Gasteiger partial charge in [-0.1, -0.05) is 18.2 Å². The smallest absolute Gasteiger partial charge is 0.254 e. The third kappa shape index (κ3) is 3.69. The summed E-state index contributed by atoms with van der Waals surface area (Å²) in [5.41, 5.74) is 2.27. The van der Waals surface area contributed by atoms with Gasteiger partial charge in [-0.05, 0) is 31.2 Å². The highest BCUT2D eigenvalue weighted by Gasteiger charge is 2.17. The molecule has 0 saturated carbocycles. The van der Waals surface area contributed by atoms with E-state index < -0.39 is 0 Å². The Bertz CT molecular complexity index is 890. The van der Waals surface area contributed by atoms with Crippen LogP contribution in [0.5, 0.6) is 11.5 Å². The maximum Gasteiger partial charge on any atom is 0.254 e. The van der Waals surface area contributed by atoms with E-state index in [0.29, 0.717) is 17.1 Å². The van der Waals surface area contributed by atoms with Gasteiger partial charge in [0.15, 0.2) is 0 Å². The first-order valence-corrected chi connectivity index (χ1v) is 8.25. The minimum Gasteiger partial charge on any atom is -0.497 e. The largest absolute Gasteiger partial charge is 0.497 e. The lowest BCUT2D eigenvalue weighted by atomic mass is 10.1. The molecule has 26 heavy (non-hydrogen) atoms. The Labute approximate surface area is 152 Å². The normalized spacial score (nSPS) is 11.7. The van der Waals surface area contributed by atoms with Crippen LogP contribution in [0.3, 0.4) is 0 Å². The highest BCUT2D eigenvalue weighted by Crippen LogP contribution is 2.29. The van der Waals surface area contributed by atoms with E-state index in [0.717, 1.165) is 11.3 Å². The van der Waals surface area contributed by atoms with Gasteiger partial charge in [-0.15, -0.1) is 0 Å². The molecule has 0 aliphatic rings. The molecule has 1 atom stereocenters. The van der Waals surface area contributed by atoms with Gasteiger partial charge in [-0.2, -0.15) is 5.10 Å². The molecule has 1 unspecified atom stereocenters. The quantitative estimate of drug-likeness (QED) is 0.739. The summed E-state index contributed by atoms with van der Waals surface area (Å²) in [4.78, 5) is 12.6. The van der Waals surface area contributed by atoms with E-state index in [2.05, 4.69) is 10.4 Å². The van der Waals surface area contributed by atoms with Crippen molar-refractivity contribution in [3.05, 3.63) is 72.1 Å². The number of para-hydroxylation sites is 1. The van der Waals surface area contributed by atoms with Crippen LogP contribution in [0.4, 0.5) is 0 Å². The molecule has 1 N–H and O–H groups in total. The fourth-order valence-corrected chi connectivity index (χ4v) is 2.70. The minimum absolute atomic E-state index is 0.197. The molecule has 0 saturated heterocycles. The molecule has 0 fully saturated rings. The summed E-state index contributed by atoms with van der Waals surface area (Å²) in [6.07, 6.45) is 3.27. The Morgan fingerprint density at radius 1 is 1.12 bits per heavy atom. The van der Waals surface area contributed by atoms with Gasteiger partial charge in [0.2, 0.25) is 0 Å². The van der Waals surface area contributed by atoms with Crippen molar-refractivity contribution in [2.75, 3.05) is 14.2 Å². The number of nitrogens with zero attached hydrogens (tertiary/aromatic N) is 2. The number of carbonyl (C=O) groups is 1. The van der Waals surface area contributed by atoms with Crippen molar-refractivity contribution >= 4 is 5.91 Å². The molecule has 0 bridgehead atoms. The van der Waals surface area contributed by atoms with Crippen LogP contribution in [0.2, 0.25) is 0 Å². The predicted octanol–water partition coefficient (Wildman–Crippen LogP) is 3.38. The first-order valence-electron chi connectivity index (χ1n) is 8.25. The Morgan fingerprint density at radius 3 is 2.58 bits per heavy atom. The number of carbonyl (C=O) groups excluding carboxylic acids is 1. The Balaban J connectivity index is 1.75. The van der Waals surface area contributed by atoms with Gasteiger partial charge in [0.1, 0.15) is 11.5 Å². The molecule has 1 aromatic heterocycles. The van der Waals surface area contributed by atoms with Crippen LogP contribution < -0.4 is 14.8 Å². The number of amides is 1. The summed E-state index contributed by atoms with van der Waals surface area (Å²) in [5, 5.41) is 7.23. The van der Waals surface area contributed by atoms with Crippen LogP contribution in [0.25, 0.3) is 5.69 Å². The fraction of sp³-hybridized carbons (Fsp3) is 0.200. The minimum atomic E-state index is -0.233. The van der Waals surface area contributed by atoms with Gasteiger partial charge in [0.05, 0.1) is 37.7 Å². The molecule has 3 aromatic rings. The summed E-state index contributed by atoms with van der Waals surface area (Å²) in [7, 11) is 3.20. The molecule has 1 heterocycles. The van der Waals surface area contributed by atoms with Crippen molar-refractivity contribution in [1.29, 1.82) is 0 Å². The van der Waals surface area contributed by atoms with Crippen molar-refractivity contribution in [3.63, 3.8) is 0 Å². The van der Waals surface area contributed by atoms with Crippen LogP contribution in [0, 0.1) is 0 Å². The monoisotopic (exact) mass is 351 g/mol. The first-order chi connectivity index (χ1) is 12.6. The van der Waals surface area contributed by atoms with E-state index in [1.807, 2.05) is 49.4 Å². The summed E-state index contributed by atoms with van der Waals surface area (Å²) in [5.74, 6) is 1.17. The molecule has 2 aromatic carbocycles. The van der Waals surface area contributed by atoms with E-state index in [9.17, 15) is 4.79 Å². The Kier molecular flexibility index (Phi) is 5.22. The topological polar surface area (TPSA) is 65.4 Å². The molecule has 6 heteroatoms. The Hall–Kier alpha value is -3.28. The molecular weight excluding hydrogens is 330 g/mol. The zero-order chi connectivity index (χ0) is 18.5. The number of aromatic nitrogens is 2. The standard InChI is InChI=1S/C20H21N3O3/c1-14(18-10-9-17(25-2)11-19(18)26-3)22-20(24)15-12-21-23(13-15)16-7-5-4-6-8-16/h4-14H,1-3H3,(H,22,24). The average Bonchev–Trinajstić information content (AvgIpc) is 3.18. The van der Waals surface area contributed by atoms with Crippen LogP contribution >= 0.6 is 0 Å². The lowest BCUT2D eigenvalue weighted by Crippen LogP contribution is -2.26. The number of ether oxygens (including phenoxy) is 2. The van der Waals surface area contributed by atoms with Crippen LogP contribution in [-0.2, 0) is 0 Å². The van der Waals surface area contributed by atoms with Gasteiger partial charge in [-0.3, -0.25) is 4.79 Å². The number of hydrogen-bond acceptors (Lipinski definition) is 4. The zero-order valence-corrected chi connectivity index (χ0v) is 15.0. The van der Waals surface area contributed by atoms with E-state index in [1.165, 1.54) is 0 Å². The van der Waals surface area contributed by atoms with Crippen LogP contribution in [-0.4, -0.2) is 29.9 Å². The molecule has 0 aliphatic heterocycles. The molecule has 3 rings (SSSR count). The third-order valence-corrected chi connectivity index (χ3v) is 4.12. The molecule has 6 nitrogen and oxygen atoms in total. The summed E-state index contributed by atoms with van der Waals surface area (Å²) >= 11 is 0. The maximum absolute atomic E-state index is 12.6. The van der Waals surface area contributed by atoms with Crippen molar-refractivity contribution in [2.24, 2.45) is 0 Å². The lowest BCUT2D eigenvalue weighted by Gasteiger charge is -2.17. The van der Waals surface area contributed by atoms with E-state index >= 15 is 0 Å². The lowest BCUT2D eigenvalue weighted by molar-refractivity contribution is 0.0939. The second kappa shape index (κ2) is 7.74. The zero-order valence-electron chi connectivity index (χ0n) is 15.0. The first kappa shape index (κ1) is 17.5. The van der Waals surface area contributed by atoms with Crippen LogP contribution in [0.1, 0.15) is 28.9 Å². The molecular formula is C20H21N3O3. The average molecular weight is 351 g/mol. The maximum atomic E-state index is 12.6. The number of benzene rings is 2. The number of rotatable bonds is 6. The van der Waals surface area contributed by atoms with Crippen molar-refractivity contribution < 1.29 is 14.3 Å². The van der Waals surface area contributed by atoms with E-state index in [-0.39, 0.29) is 11.9 Å². The molecule has 1 amide bonds. The van der Waals surface area contributed by atoms with E-state index in [1.54, 1.807) is 37.4 Å². The molecule has 134 valence electrons. The second-order valence-electron chi connectivity index (χ2n) is 5.81. The SMILES string of the molecule is COc1ccc(C(C)NC(=O)c2cnn(-c3ccccc3)c2)c(OC)c1. The summed E-state index contributed by atoms with van der Waals surface area (Å²) in [6, 6.07) is 14.9. The predicted molar refractivity (Wildman–Crippen MR) is 99.0 cm³/mol. The molecule has 0 spiro atoms. The van der Waals surface area contributed by atoms with Crippen LogP contribution in [0.15, 0.2) is 60.9 Å². The number of methoxy groups -OCH3 is 2. The highest BCUT2D eigenvalue weighted by atomic mass is 16.5. The molecule has 0 aliphatic carbocycles. The second-order valence-corrected chi connectivity index (χ2v) is 5.81.